The molecule has 0 aliphatic heterocycles. The maximum Gasteiger partial charge on any atom is 0.343 e. The molecule has 1 amide bonds. The second kappa shape index (κ2) is 10.8. The summed E-state index contributed by atoms with van der Waals surface area (Å²) in [7, 11) is 3.02. The standard InChI is InChI=1S/C23H18BrClN2O5/c1-30-17-7-4-15(5-8-17)23(29)32-21-9-3-14(11-19(21)25)13-26-27-22(28)18-12-16(24)6-10-20(18)31-2/h3-13H,1-2H3,(H,27,28)/b26-13-. The van der Waals surface area contributed by atoms with Crippen molar-refractivity contribution in [2.24, 2.45) is 5.10 Å². The molecule has 0 heterocycles. The van der Waals surface area contributed by atoms with Crippen molar-refractivity contribution in [2.75, 3.05) is 14.2 Å². The van der Waals surface area contributed by atoms with E-state index in [0.29, 0.717) is 28.2 Å². The molecule has 0 spiro atoms. The van der Waals surface area contributed by atoms with Crippen LogP contribution in [0.25, 0.3) is 0 Å². The molecule has 0 aliphatic carbocycles. The van der Waals surface area contributed by atoms with Gasteiger partial charge in [-0.1, -0.05) is 27.5 Å². The number of amides is 1. The van der Waals surface area contributed by atoms with Gasteiger partial charge in [-0.25, -0.2) is 10.2 Å². The summed E-state index contributed by atoms with van der Waals surface area (Å²) in [6.07, 6.45) is 1.42. The molecular formula is C23H18BrClN2O5. The number of hydrazone groups is 1. The fraction of sp³-hybridized carbons (Fsp3) is 0.0870. The van der Waals surface area contributed by atoms with Crippen molar-refractivity contribution in [3.8, 4) is 17.2 Å². The van der Waals surface area contributed by atoms with Crippen molar-refractivity contribution in [3.05, 3.63) is 86.8 Å². The highest BCUT2D eigenvalue weighted by Gasteiger charge is 2.13. The van der Waals surface area contributed by atoms with Crippen LogP contribution < -0.4 is 19.6 Å². The molecule has 0 saturated carbocycles. The zero-order chi connectivity index (χ0) is 23.1. The lowest BCUT2D eigenvalue weighted by molar-refractivity contribution is 0.0734. The number of carbonyl (C=O) groups excluding carboxylic acids is 2. The maximum atomic E-state index is 12.4. The Balaban J connectivity index is 1.64. The number of hydrogen-bond donors (Lipinski definition) is 1. The van der Waals surface area contributed by atoms with Gasteiger partial charge in [0.15, 0.2) is 0 Å². The molecule has 9 heteroatoms. The molecular weight excluding hydrogens is 500 g/mol. The first-order valence-corrected chi connectivity index (χ1v) is 10.4. The smallest absolute Gasteiger partial charge is 0.343 e. The fourth-order valence-corrected chi connectivity index (χ4v) is 3.24. The number of hydrogen-bond acceptors (Lipinski definition) is 6. The molecule has 3 aromatic rings. The van der Waals surface area contributed by atoms with E-state index < -0.39 is 11.9 Å². The molecule has 0 aromatic heterocycles. The molecule has 0 bridgehead atoms. The molecule has 3 rings (SSSR count). The van der Waals surface area contributed by atoms with Crippen molar-refractivity contribution in [2.45, 2.75) is 0 Å². The molecule has 0 saturated heterocycles. The van der Waals surface area contributed by atoms with E-state index in [1.54, 1.807) is 67.8 Å². The summed E-state index contributed by atoms with van der Waals surface area (Å²) in [5.41, 5.74) is 3.73. The maximum absolute atomic E-state index is 12.4. The topological polar surface area (TPSA) is 86.2 Å². The number of rotatable bonds is 7. The van der Waals surface area contributed by atoms with Gasteiger partial charge in [0.2, 0.25) is 0 Å². The zero-order valence-corrected chi connectivity index (χ0v) is 19.4. The highest BCUT2D eigenvalue weighted by Crippen LogP contribution is 2.26. The second-order valence-electron chi connectivity index (χ2n) is 6.35. The first kappa shape index (κ1) is 23.3. The summed E-state index contributed by atoms with van der Waals surface area (Å²) in [5, 5.41) is 4.16. The molecule has 0 radical (unpaired) electrons. The summed E-state index contributed by atoms with van der Waals surface area (Å²) in [6.45, 7) is 0. The van der Waals surface area contributed by atoms with Crippen molar-refractivity contribution in [1.29, 1.82) is 0 Å². The molecule has 0 atom stereocenters. The van der Waals surface area contributed by atoms with Gasteiger partial charge < -0.3 is 14.2 Å². The van der Waals surface area contributed by atoms with Gasteiger partial charge in [0.25, 0.3) is 5.91 Å². The second-order valence-corrected chi connectivity index (χ2v) is 7.67. The van der Waals surface area contributed by atoms with Crippen LogP contribution in [0, 0.1) is 0 Å². The molecule has 0 unspecified atom stereocenters. The lowest BCUT2D eigenvalue weighted by Crippen LogP contribution is -2.18. The third-order valence-electron chi connectivity index (χ3n) is 4.27. The number of esters is 1. The van der Waals surface area contributed by atoms with E-state index in [-0.39, 0.29) is 10.8 Å². The Morgan fingerprint density at radius 2 is 1.69 bits per heavy atom. The SMILES string of the molecule is COc1ccc(C(=O)Oc2ccc(/C=N\NC(=O)c3cc(Br)ccc3OC)cc2Cl)cc1. The molecule has 0 fully saturated rings. The molecule has 0 aliphatic rings. The highest BCUT2D eigenvalue weighted by molar-refractivity contribution is 9.10. The van der Waals surface area contributed by atoms with Crippen LogP contribution in [-0.4, -0.2) is 32.3 Å². The summed E-state index contributed by atoms with van der Waals surface area (Å²) in [6, 6.07) is 16.4. The van der Waals surface area contributed by atoms with E-state index in [1.165, 1.54) is 13.3 Å². The first-order valence-electron chi connectivity index (χ1n) is 9.24. The van der Waals surface area contributed by atoms with E-state index in [2.05, 4.69) is 26.5 Å². The van der Waals surface area contributed by atoms with Gasteiger partial charge in [-0.3, -0.25) is 4.79 Å². The Morgan fingerprint density at radius 1 is 0.969 bits per heavy atom. The predicted molar refractivity (Wildman–Crippen MR) is 125 cm³/mol. The average Bonchev–Trinajstić information content (AvgIpc) is 2.80. The summed E-state index contributed by atoms with van der Waals surface area (Å²) < 4.78 is 16.3. The van der Waals surface area contributed by atoms with Crippen LogP contribution in [0.4, 0.5) is 0 Å². The Hall–Kier alpha value is -3.36. The lowest BCUT2D eigenvalue weighted by atomic mass is 10.2. The van der Waals surface area contributed by atoms with E-state index in [9.17, 15) is 9.59 Å². The quantitative estimate of drug-likeness (QED) is 0.204. The van der Waals surface area contributed by atoms with Crippen LogP contribution in [0.3, 0.4) is 0 Å². The Morgan fingerprint density at radius 3 is 2.34 bits per heavy atom. The molecule has 7 nitrogen and oxygen atoms in total. The van der Waals surface area contributed by atoms with Crippen LogP contribution in [0.15, 0.2) is 70.2 Å². The van der Waals surface area contributed by atoms with Crippen LogP contribution in [0.1, 0.15) is 26.3 Å². The van der Waals surface area contributed by atoms with Gasteiger partial charge in [0.05, 0.1) is 36.6 Å². The Bertz CT molecular complexity index is 1170. The third kappa shape index (κ3) is 5.87. The van der Waals surface area contributed by atoms with E-state index in [1.807, 2.05) is 0 Å². The monoisotopic (exact) mass is 516 g/mol. The number of methoxy groups -OCH3 is 2. The van der Waals surface area contributed by atoms with Crippen molar-refractivity contribution in [3.63, 3.8) is 0 Å². The number of nitrogens with one attached hydrogen (secondary N) is 1. The van der Waals surface area contributed by atoms with Crippen LogP contribution in [0.5, 0.6) is 17.2 Å². The van der Waals surface area contributed by atoms with Gasteiger partial charge in [0, 0.05) is 4.47 Å². The lowest BCUT2D eigenvalue weighted by Gasteiger charge is -2.08. The minimum absolute atomic E-state index is 0.201. The summed E-state index contributed by atoms with van der Waals surface area (Å²) in [4.78, 5) is 24.7. The van der Waals surface area contributed by atoms with E-state index >= 15 is 0 Å². The normalized spacial score (nSPS) is 10.6. The van der Waals surface area contributed by atoms with Gasteiger partial charge >= 0.3 is 5.97 Å². The van der Waals surface area contributed by atoms with E-state index in [4.69, 9.17) is 25.8 Å². The molecule has 32 heavy (non-hydrogen) atoms. The minimum atomic E-state index is -0.550. The van der Waals surface area contributed by atoms with E-state index in [0.717, 1.165) is 4.47 Å². The molecule has 1 N–H and O–H groups in total. The van der Waals surface area contributed by atoms with Gasteiger partial charge in [-0.15, -0.1) is 0 Å². The van der Waals surface area contributed by atoms with Crippen molar-refractivity contribution in [1.82, 2.24) is 5.43 Å². The van der Waals surface area contributed by atoms with Gasteiger partial charge in [0.1, 0.15) is 17.2 Å². The number of nitrogens with zero attached hydrogens (tertiary/aromatic N) is 1. The largest absolute Gasteiger partial charge is 0.497 e. The summed E-state index contributed by atoms with van der Waals surface area (Å²) in [5.74, 6) is 0.273. The predicted octanol–water partition coefficient (Wildman–Crippen LogP) is 5.10. The first-order chi connectivity index (χ1) is 15.4. The third-order valence-corrected chi connectivity index (χ3v) is 5.06. The fourth-order valence-electron chi connectivity index (χ4n) is 2.65. The number of ether oxygens (including phenoxy) is 3. The minimum Gasteiger partial charge on any atom is -0.497 e. The highest BCUT2D eigenvalue weighted by atomic mass is 79.9. The van der Waals surface area contributed by atoms with Crippen LogP contribution in [0.2, 0.25) is 5.02 Å². The number of halogens is 2. The molecule has 3 aromatic carbocycles. The average molecular weight is 518 g/mol. The Kier molecular flexibility index (Phi) is 7.86. The van der Waals surface area contributed by atoms with Crippen molar-refractivity contribution < 1.29 is 23.8 Å². The van der Waals surface area contributed by atoms with Gasteiger partial charge in [-0.2, -0.15) is 5.10 Å². The Labute approximate surface area is 198 Å². The molecule has 164 valence electrons. The van der Waals surface area contributed by atoms with Crippen LogP contribution >= 0.6 is 27.5 Å². The van der Waals surface area contributed by atoms with Gasteiger partial charge in [-0.05, 0) is 66.2 Å². The van der Waals surface area contributed by atoms with Crippen molar-refractivity contribution >= 4 is 45.6 Å². The number of benzene rings is 3. The zero-order valence-electron chi connectivity index (χ0n) is 17.1. The number of carbonyl (C=O) groups is 2. The summed E-state index contributed by atoms with van der Waals surface area (Å²) >= 11 is 9.56. The van der Waals surface area contributed by atoms with Crippen LogP contribution in [-0.2, 0) is 0 Å².